The maximum atomic E-state index is 12.9. The molecule has 0 bridgehead atoms. The summed E-state index contributed by atoms with van der Waals surface area (Å²) < 4.78 is 12.8. The van der Waals surface area contributed by atoms with Gasteiger partial charge in [0.2, 0.25) is 0 Å². The van der Waals surface area contributed by atoms with Gasteiger partial charge in [-0.15, -0.1) is 0 Å². The van der Waals surface area contributed by atoms with Crippen LogP contribution in [0, 0.1) is 6.92 Å². The number of nitrogens with zero attached hydrogens (tertiary/aromatic N) is 3. The van der Waals surface area contributed by atoms with Gasteiger partial charge in [-0.3, -0.25) is 18.7 Å². The quantitative estimate of drug-likeness (QED) is 0.646. The van der Waals surface area contributed by atoms with Crippen LogP contribution in [0.25, 0.3) is 11.0 Å². The van der Waals surface area contributed by atoms with E-state index in [-0.39, 0.29) is 16.6 Å². The van der Waals surface area contributed by atoms with Crippen molar-refractivity contribution in [3.05, 3.63) is 61.9 Å². The molecule has 9 heteroatoms. The first-order valence-corrected chi connectivity index (χ1v) is 9.35. The van der Waals surface area contributed by atoms with Crippen LogP contribution in [0.2, 0.25) is 0 Å². The van der Waals surface area contributed by atoms with Gasteiger partial charge in [0, 0.05) is 26.3 Å². The van der Waals surface area contributed by atoms with Gasteiger partial charge in [-0.25, -0.2) is 9.78 Å². The Morgan fingerprint density at radius 2 is 1.77 bits per heavy atom. The lowest BCUT2D eigenvalue weighted by atomic mass is 10.1. The molecule has 9 nitrogen and oxygen atoms in total. The molecule has 0 unspecified atom stereocenters. The van der Waals surface area contributed by atoms with Gasteiger partial charge < -0.3 is 14.8 Å². The number of hydrogen-bond donors (Lipinski definition) is 1. The summed E-state index contributed by atoms with van der Waals surface area (Å²) in [6.45, 7) is 2.06. The fourth-order valence-corrected chi connectivity index (χ4v) is 3.31. The summed E-state index contributed by atoms with van der Waals surface area (Å²) in [6, 6.07) is 7.10. The van der Waals surface area contributed by atoms with Crippen LogP contribution in [0.3, 0.4) is 0 Å². The Morgan fingerprint density at radius 1 is 1.07 bits per heavy atom. The van der Waals surface area contributed by atoms with E-state index in [1.54, 1.807) is 33.3 Å². The van der Waals surface area contributed by atoms with Crippen molar-refractivity contribution in [2.45, 2.75) is 13.3 Å². The first-order chi connectivity index (χ1) is 14.3. The van der Waals surface area contributed by atoms with Gasteiger partial charge in [0.25, 0.3) is 11.5 Å². The zero-order chi connectivity index (χ0) is 22.0. The van der Waals surface area contributed by atoms with Crippen LogP contribution in [0.1, 0.15) is 21.6 Å². The van der Waals surface area contributed by atoms with Gasteiger partial charge >= 0.3 is 5.69 Å². The maximum Gasteiger partial charge on any atom is 0.332 e. The van der Waals surface area contributed by atoms with Crippen LogP contribution in [-0.4, -0.2) is 40.8 Å². The van der Waals surface area contributed by atoms with Crippen LogP contribution < -0.4 is 26.0 Å². The van der Waals surface area contributed by atoms with E-state index in [9.17, 15) is 14.4 Å². The Kier molecular flexibility index (Phi) is 5.91. The topological polar surface area (TPSA) is 104 Å². The number of benzene rings is 1. The number of pyridine rings is 1. The zero-order valence-corrected chi connectivity index (χ0v) is 17.6. The summed E-state index contributed by atoms with van der Waals surface area (Å²) in [4.78, 5) is 42.0. The number of aryl methyl sites for hydroxylation is 2. The molecule has 0 aliphatic heterocycles. The smallest absolute Gasteiger partial charge is 0.332 e. The molecule has 1 aromatic carbocycles. The number of fused-ring (bicyclic) bond motifs is 1. The zero-order valence-electron chi connectivity index (χ0n) is 17.6. The molecule has 2 heterocycles. The van der Waals surface area contributed by atoms with E-state index in [1.807, 2.05) is 12.1 Å². The van der Waals surface area contributed by atoms with Crippen molar-refractivity contribution >= 4 is 16.9 Å². The molecule has 2 aromatic heterocycles. The Balaban J connectivity index is 1.88. The van der Waals surface area contributed by atoms with Crippen LogP contribution in [0.15, 0.2) is 33.9 Å². The number of carbonyl (C=O) groups excluding carboxylic acids is 1. The second-order valence-electron chi connectivity index (χ2n) is 6.91. The van der Waals surface area contributed by atoms with Crippen LogP contribution >= 0.6 is 0 Å². The minimum absolute atomic E-state index is 0.119. The second kappa shape index (κ2) is 8.40. The molecule has 1 amide bonds. The average molecular weight is 412 g/mol. The van der Waals surface area contributed by atoms with Crippen molar-refractivity contribution in [1.82, 2.24) is 19.4 Å². The fraction of sp³-hybridized carbons (Fsp3) is 0.333. The highest BCUT2D eigenvalue weighted by Crippen LogP contribution is 2.27. The molecular weight excluding hydrogens is 388 g/mol. The Morgan fingerprint density at radius 3 is 2.43 bits per heavy atom. The molecule has 0 fully saturated rings. The summed E-state index contributed by atoms with van der Waals surface area (Å²) in [7, 11) is 6.03. The van der Waals surface area contributed by atoms with E-state index < -0.39 is 17.2 Å². The molecule has 3 aromatic rings. The number of amides is 1. The standard InChI is InChI=1S/C21H24N4O5/c1-12-10-14(17-18(23-12)24(2)21(28)25(3)20(17)27)19(26)22-9-8-13-6-7-15(29-4)16(11-13)30-5/h6-7,10-11H,8-9H2,1-5H3,(H,22,26). The maximum absolute atomic E-state index is 12.9. The van der Waals surface area contributed by atoms with Crippen molar-refractivity contribution in [3.63, 3.8) is 0 Å². The molecule has 0 aliphatic carbocycles. The Labute approximate surface area is 172 Å². The monoisotopic (exact) mass is 412 g/mol. The first-order valence-electron chi connectivity index (χ1n) is 9.35. The van der Waals surface area contributed by atoms with E-state index in [1.165, 1.54) is 18.7 Å². The van der Waals surface area contributed by atoms with E-state index >= 15 is 0 Å². The molecule has 158 valence electrons. The summed E-state index contributed by atoms with van der Waals surface area (Å²) in [5.41, 5.74) is 0.836. The average Bonchev–Trinajstić information content (AvgIpc) is 2.75. The van der Waals surface area contributed by atoms with Gasteiger partial charge in [0.1, 0.15) is 5.65 Å². The largest absolute Gasteiger partial charge is 0.493 e. The number of aromatic nitrogens is 3. The minimum Gasteiger partial charge on any atom is -0.493 e. The highest BCUT2D eigenvalue weighted by atomic mass is 16.5. The molecule has 3 rings (SSSR count). The normalized spacial score (nSPS) is 10.8. The van der Waals surface area contributed by atoms with Crippen LogP contribution in [0.4, 0.5) is 0 Å². The number of nitrogens with one attached hydrogen (secondary N) is 1. The lowest BCUT2D eigenvalue weighted by Gasteiger charge is -2.12. The van der Waals surface area contributed by atoms with Gasteiger partial charge in [0.05, 0.1) is 25.2 Å². The van der Waals surface area contributed by atoms with E-state index in [4.69, 9.17) is 9.47 Å². The van der Waals surface area contributed by atoms with E-state index in [2.05, 4.69) is 10.3 Å². The summed E-state index contributed by atoms with van der Waals surface area (Å²) in [5, 5.41) is 2.96. The lowest BCUT2D eigenvalue weighted by molar-refractivity contribution is 0.0955. The SMILES string of the molecule is COc1ccc(CCNC(=O)c2cc(C)nc3c2c(=O)n(C)c(=O)n3C)cc1OC. The summed E-state index contributed by atoms with van der Waals surface area (Å²) in [5.74, 6) is 0.841. The fourth-order valence-electron chi connectivity index (χ4n) is 3.31. The number of ether oxygens (including phenoxy) is 2. The highest BCUT2D eigenvalue weighted by Gasteiger charge is 2.19. The third-order valence-corrected chi connectivity index (χ3v) is 4.93. The Hall–Kier alpha value is -3.62. The lowest BCUT2D eigenvalue weighted by Crippen LogP contribution is -2.39. The van der Waals surface area contributed by atoms with Crippen LogP contribution in [-0.2, 0) is 20.5 Å². The van der Waals surface area contributed by atoms with Crippen LogP contribution in [0.5, 0.6) is 11.5 Å². The molecular formula is C21H24N4O5. The molecule has 0 spiro atoms. The van der Waals surface area contributed by atoms with Gasteiger partial charge in [-0.05, 0) is 37.1 Å². The molecule has 0 saturated heterocycles. The predicted molar refractivity (Wildman–Crippen MR) is 113 cm³/mol. The molecule has 0 aliphatic rings. The van der Waals surface area contributed by atoms with Crippen molar-refractivity contribution < 1.29 is 14.3 Å². The van der Waals surface area contributed by atoms with Crippen molar-refractivity contribution in [3.8, 4) is 11.5 Å². The van der Waals surface area contributed by atoms with E-state index in [0.29, 0.717) is 30.2 Å². The molecule has 1 N–H and O–H groups in total. The second-order valence-corrected chi connectivity index (χ2v) is 6.91. The van der Waals surface area contributed by atoms with Crippen molar-refractivity contribution in [1.29, 1.82) is 0 Å². The van der Waals surface area contributed by atoms with Gasteiger partial charge in [0.15, 0.2) is 11.5 Å². The predicted octanol–water partition coefficient (Wildman–Crippen LogP) is 0.930. The minimum atomic E-state index is -0.550. The number of rotatable bonds is 6. The highest BCUT2D eigenvalue weighted by molar-refractivity contribution is 6.05. The van der Waals surface area contributed by atoms with E-state index in [0.717, 1.165) is 10.1 Å². The van der Waals surface area contributed by atoms with Crippen molar-refractivity contribution in [2.24, 2.45) is 14.1 Å². The molecule has 0 radical (unpaired) electrons. The van der Waals surface area contributed by atoms with Gasteiger partial charge in [-0.2, -0.15) is 0 Å². The Bertz CT molecular complexity index is 1240. The molecule has 30 heavy (non-hydrogen) atoms. The summed E-state index contributed by atoms with van der Waals surface area (Å²) >= 11 is 0. The summed E-state index contributed by atoms with van der Waals surface area (Å²) in [6.07, 6.45) is 0.560. The van der Waals surface area contributed by atoms with Gasteiger partial charge in [-0.1, -0.05) is 6.07 Å². The number of methoxy groups -OCH3 is 2. The molecule has 0 atom stereocenters. The van der Waals surface area contributed by atoms with Crippen molar-refractivity contribution in [2.75, 3.05) is 20.8 Å². The number of carbonyl (C=O) groups is 1. The number of hydrogen-bond acceptors (Lipinski definition) is 6. The third kappa shape index (κ3) is 3.78. The third-order valence-electron chi connectivity index (χ3n) is 4.93. The molecule has 0 saturated carbocycles. The first kappa shape index (κ1) is 21.1.